The molecule has 1 aliphatic heterocycles. The number of ether oxygens (including phenoxy) is 1. The minimum absolute atomic E-state index is 0.0135. The minimum atomic E-state index is -0.0135. The molecule has 1 rings (SSSR count). The molecule has 2 N–H and O–H groups in total. The Labute approximate surface area is 74.1 Å². The molecule has 72 valence electrons. The zero-order chi connectivity index (χ0) is 9.03. The van der Waals surface area contributed by atoms with Crippen LogP contribution >= 0.6 is 0 Å². The molecule has 12 heavy (non-hydrogen) atoms. The Hall–Kier alpha value is -0.120. The third-order valence-corrected chi connectivity index (χ3v) is 2.50. The van der Waals surface area contributed by atoms with E-state index in [0.717, 1.165) is 26.0 Å². The van der Waals surface area contributed by atoms with Gasteiger partial charge in [0.25, 0.3) is 0 Å². The lowest BCUT2D eigenvalue weighted by molar-refractivity contribution is -0.0497. The maximum absolute atomic E-state index is 8.89. The van der Waals surface area contributed by atoms with Crippen LogP contribution in [-0.4, -0.2) is 36.5 Å². The maximum Gasteiger partial charge on any atom is 0.0778 e. The summed E-state index contributed by atoms with van der Waals surface area (Å²) in [6.07, 6.45) is 2.05. The van der Waals surface area contributed by atoms with E-state index in [1.807, 2.05) is 6.92 Å². The van der Waals surface area contributed by atoms with Crippen molar-refractivity contribution < 1.29 is 9.84 Å². The number of aliphatic hydroxyl groups is 1. The van der Waals surface area contributed by atoms with Crippen LogP contribution in [0.25, 0.3) is 0 Å². The molecule has 0 aromatic rings. The van der Waals surface area contributed by atoms with Gasteiger partial charge in [-0.15, -0.1) is 0 Å². The second-order valence-corrected chi connectivity index (χ2v) is 3.68. The van der Waals surface area contributed by atoms with Crippen LogP contribution in [0.15, 0.2) is 0 Å². The van der Waals surface area contributed by atoms with E-state index >= 15 is 0 Å². The lowest BCUT2D eigenvalue weighted by Gasteiger charge is -2.37. The van der Waals surface area contributed by atoms with Gasteiger partial charge in [-0.2, -0.15) is 0 Å². The lowest BCUT2D eigenvalue weighted by Crippen LogP contribution is -2.51. The standard InChI is InChI=1S/C9H19NO2/c1-3-12-9(2)5-4-8(6-11)10-7-9/h8,10-11H,3-7H2,1-2H3. The molecule has 2 atom stereocenters. The van der Waals surface area contributed by atoms with Crippen molar-refractivity contribution in [2.45, 2.75) is 38.3 Å². The third-order valence-electron chi connectivity index (χ3n) is 2.50. The highest BCUT2D eigenvalue weighted by molar-refractivity contribution is 4.87. The summed E-state index contributed by atoms with van der Waals surface area (Å²) in [5, 5.41) is 12.2. The first-order valence-electron chi connectivity index (χ1n) is 4.68. The number of nitrogens with one attached hydrogen (secondary N) is 1. The van der Waals surface area contributed by atoms with E-state index in [0.29, 0.717) is 0 Å². The molecular weight excluding hydrogens is 154 g/mol. The van der Waals surface area contributed by atoms with Crippen molar-refractivity contribution in [2.24, 2.45) is 0 Å². The van der Waals surface area contributed by atoms with Crippen molar-refractivity contribution in [1.29, 1.82) is 0 Å². The number of rotatable bonds is 3. The quantitative estimate of drug-likeness (QED) is 0.654. The van der Waals surface area contributed by atoms with Crippen LogP contribution in [0.1, 0.15) is 26.7 Å². The van der Waals surface area contributed by atoms with E-state index in [9.17, 15) is 0 Å². The number of hydrogen-bond donors (Lipinski definition) is 2. The lowest BCUT2D eigenvalue weighted by atomic mass is 9.92. The van der Waals surface area contributed by atoms with Crippen LogP contribution in [0, 0.1) is 0 Å². The summed E-state index contributed by atoms with van der Waals surface area (Å²) in [5.41, 5.74) is -0.0135. The molecule has 0 radical (unpaired) electrons. The Morgan fingerprint density at radius 3 is 2.83 bits per heavy atom. The summed E-state index contributed by atoms with van der Waals surface area (Å²) < 4.78 is 5.62. The third kappa shape index (κ3) is 2.44. The predicted molar refractivity (Wildman–Crippen MR) is 48.1 cm³/mol. The fraction of sp³-hybridized carbons (Fsp3) is 1.00. The number of piperidine rings is 1. The molecule has 0 spiro atoms. The summed E-state index contributed by atoms with van der Waals surface area (Å²) in [7, 11) is 0. The van der Waals surface area contributed by atoms with Crippen LogP contribution in [0.3, 0.4) is 0 Å². The van der Waals surface area contributed by atoms with E-state index in [-0.39, 0.29) is 18.2 Å². The Morgan fingerprint density at radius 2 is 2.42 bits per heavy atom. The molecule has 3 nitrogen and oxygen atoms in total. The topological polar surface area (TPSA) is 41.5 Å². The second kappa shape index (κ2) is 4.21. The first-order chi connectivity index (χ1) is 5.70. The van der Waals surface area contributed by atoms with Crippen molar-refractivity contribution in [3.8, 4) is 0 Å². The van der Waals surface area contributed by atoms with Gasteiger partial charge in [0, 0.05) is 19.2 Å². The number of hydrogen-bond acceptors (Lipinski definition) is 3. The zero-order valence-electron chi connectivity index (χ0n) is 7.97. The van der Waals surface area contributed by atoms with E-state index in [1.165, 1.54) is 0 Å². The largest absolute Gasteiger partial charge is 0.395 e. The molecule has 0 bridgehead atoms. The van der Waals surface area contributed by atoms with Crippen LogP contribution in [0.5, 0.6) is 0 Å². The molecule has 1 saturated heterocycles. The van der Waals surface area contributed by atoms with Crippen molar-refractivity contribution >= 4 is 0 Å². The van der Waals surface area contributed by atoms with Gasteiger partial charge in [-0.3, -0.25) is 0 Å². The molecule has 1 heterocycles. The van der Waals surface area contributed by atoms with Gasteiger partial charge in [-0.25, -0.2) is 0 Å². The van der Waals surface area contributed by atoms with Crippen molar-refractivity contribution in [1.82, 2.24) is 5.32 Å². The minimum Gasteiger partial charge on any atom is -0.395 e. The monoisotopic (exact) mass is 173 g/mol. The Kier molecular flexibility index (Phi) is 3.50. The predicted octanol–water partition coefficient (Wildman–Crippen LogP) is 0.526. The van der Waals surface area contributed by atoms with Gasteiger partial charge in [0.2, 0.25) is 0 Å². The summed E-state index contributed by atoms with van der Waals surface area (Å²) in [4.78, 5) is 0. The molecule has 0 aromatic heterocycles. The highest BCUT2D eigenvalue weighted by Crippen LogP contribution is 2.22. The highest BCUT2D eigenvalue weighted by Gasteiger charge is 2.30. The first-order valence-corrected chi connectivity index (χ1v) is 4.68. The Balaban J connectivity index is 2.33. The summed E-state index contributed by atoms with van der Waals surface area (Å²) in [6, 6.07) is 0.276. The van der Waals surface area contributed by atoms with Gasteiger partial charge >= 0.3 is 0 Å². The molecule has 2 unspecified atom stereocenters. The smallest absolute Gasteiger partial charge is 0.0778 e. The van der Waals surface area contributed by atoms with Gasteiger partial charge in [0.1, 0.15) is 0 Å². The van der Waals surface area contributed by atoms with Gasteiger partial charge in [0.15, 0.2) is 0 Å². The molecule has 3 heteroatoms. The summed E-state index contributed by atoms with van der Waals surface area (Å²) >= 11 is 0. The van der Waals surface area contributed by atoms with Crippen LogP contribution in [-0.2, 0) is 4.74 Å². The van der Waals surface area contributed by atoms with Crippen molar-refractivity contribution in [3.63, 3.8) is 0 Å². The molecule has 0 aliphatic carbocycles. The van der Waals surface area contributed by atoms with Gasteiger partial charge in [-0.1, -0.05) is 0 Å². The van der Waals surface area contributed by atoms with Crippen LogP contribution < -0.4 is 5.32 Å². The van der Waals surface area contributed by atoms with Crippen LogP contribution in [0.4, 0.5) is 0 Å². The van der Waals surface area contributed by atoms with Crippen LogP contribution in [0.2, 0.25) is 0 Å². The molecule has 1 fully saturated rings. The summed E-state index contributed by atoms with van der Waals surface area (Å²) in [5.74, 6) is 0. The fourth-order valence-electron chi connectivity index (χ4n) is 1.66. The molecule has 0 amide bonds. The average molecular weight is 173 g/mol. The molecule has 0 aromatic carbocycles. The molecular formula is C9H19NO2. The number of aliphatic hydroxyl groups excluding tert-OH is 1. The zero-order valence-corrected chi connectivity index (χ0v) is 7.97. The first kappa shape index (κ1) is 9.96. The summed E-state index contributed by atoms with van der Waals surface area (Å²) in [6.45, 7) is 6.00. The SMILES string of the molecule is CCOC1(C)CCC(CO)NC1. The van der Waals surface area contributed by atoms with E-state index < -0.39 is 0 Å². The normalized spacial score (nSPS) is 36.8. The van der Waals surface area contributed by atoms with Gasteiger partial charge in [-0.05, 0) is 26.7 Å². The van der Waals surface area contributed by atoms with Gasteiger partial charge < -0.3 is 15.2 Å². The van der Waals surface area contributed by atoms with Gasteiger partial charge in [0.05, 0.1) is 12.2 Å². The van der Waals surface area contributed by atoms with Crippen molar-refractivity contribution in [2.75, 3.05) is 19.8 Å². The maximum atomic E-state index is 8.89. The fourth-order valence-corrected chi connectivity index (χ4v) is 1.66. The second-order valence-electron chi connectivity index (χ2n) is 3.68. The Morgan fingerprint density at radius 1 is 1.67 bits per heavy atom. The molecule has 0 saturated carbocycles. The van der Waals surface area contributed by atoms with E-state index in [2.05, 4.69) is 12.2 Å². The van der Waals surface area contributed by atoms with Crippen molar-refractivity contribution in [3.05, 3.63) is 0 Å². The average Bonchev–Trinajstić information content (AvgIpc) is 2.06. The van der Waals surface area contributed by atoms with E-state index in [4.69, 9.17) is 9.84 Å². The molecule has 1 aliphatic rings. The Bertz CT molecular complexity index is 130. The van der Waals surface area contributed by atoms with E-state index in [1.54, 1.807) is 0 Å². The highest BCUT2D eigenvalue weighted by atomic mass is 16.5.